The van der Waals surface area contributed by atoms with Crippen molar-refractivity contribution in [2.24, 2.45) is 17.1 Å². The first-order valence-corrected chi connectivity index (χ1v) is 7.50. The Hall–Kier alpha value is -0.680. The van der Waals surface area contributed by atoms with E-state index in [0.29, 0.717) is 30.4 Å². The van der Waals surface area contributed by atoms with Gasteiger partial charge in [-0.2, -0.15) is 0 Å². The van der Waals surface area contributed by atoms with Crippen LogP contribution in [0.1, 0.15) is 39.5 Å². The molecule has 4 nitrogen and oxygen atoms in total. The number of hydrogen-bond acceptors (Lipinski definition) is 3. The van der Waals surface area contributed by atoms with Gasteiger partial charge in [-0.1, -0.05) is 26.1 Å². The van der Waals surface area contributed by atoms with E-state index in [2.05, 4.69) is 0 Å². The summed E-state index contributed by atoms with van der Waals surface area (Å²) in [5.41, 5.74) is 5.19. The van der Waals surface area contributed by atoms with E-state index in [1.54, 1.807) is 7.11 Å². The zero-order valence-electron chi connectivity index (χ0n) is 12.3. The van der Waals surface area contributed by atoms with E-state index >= 15 is 0 Å². The van der Waals surface area contributed by atoms with E-state index in [1.807, 2.05) is 18.7 Å². The van der Waals surface area contributed by atoms with Crippen LogP contribution in [-0.2, 0) is 9.53 Å². The SMILES string of the molecule is CCC(CC)(C(=O)N1CCCC(COC)C1)C(N)=S. The molecular weight excluding hydrogens is 260 g/mol. The smallest absolute Gasteiger partial charge is 0.235 e. The molecule has 1 aliphatic heterocycles. The molecule has 1 aliphatic rings. The van der Waals surface area contributed by atoms with Crippen molar-refractivity contribution >= 4 is 23.1 Å². The van der Waals surface area contributed by atoms with E-state index in [0.717, 1.165) is 25.9 Å². The predicted octanol–water partition coefficient (Wildman–Crippen LogP) is 1.96. The summed E-state index contributed by atoms with van der Waals surface area (Å²) in [6.45, 7) is 6.25. The minimum absolute atomic E-state index is 0.103. The zero-order valence-corrected chi connectivity index (χ0v) is 13.1. The third-order valence-corrected chi connectivity index (χ3v) is 4.69. The molecule has 0 saturated carbocycles. The lowest BCUT2D eigenvalue weighted by atomic mass is 9.80. The number of methoxy groups -OCH3 is 1. The fourth-order valence-electron chi connectivity index (χ4n) is 2.93. The highest BCUT2D eigenvalue weighted by Gasteiger charge is 2.42. The van der Waals surface area contributed by atoms with Crippen LogP contribution in [-0.4, -0.2) is 42.6 Å². The Morgan fingerprint density at radius 3 is 2.58 bits per heavy atom. The highest BCUT2D eigenvalue weighted by molar-refractivity contribution is 7.80. The number of likely N-dealkylation sites (tertiary alicyclic amines) is 1. The van der Waals surface area contributed by atoms with Crippen molar-refractivity contribution in [2.75, 3.05) is 26.8 Å². The Bertz CT molecular complexity index is 327. The molecule has 1 unspecified atom stereocenters. The van der Waals surface area contributed by atoms with Gasteiger partial charge in [-0.3, -0.25) is 4.79 Å². The fraction of sp³-hybridized carbons (Fsp3) is 0.857. The normalized spacial score (nSPS) is 20.4. The number of amides is 1. The van der Waals surface area contributed by atoms with E-state index in [-0.39, 0.29) is 5.91 Å². The summed E-state index contributed by atoms with van der Waals surface area (Å²) in [5.74, 6) is 0.534. The number of carbonyl (C=O) groups is 1. The van der Waals surface area contributed by atoms with Gasteiger partial charge >= 0.3 is 0 Å². The molecule has 0 bridgehead atoms. The lowest BCUT2D eigenvalue weighted by molar-refractivity contribution is -0.141. The molecule has 5 heteroatoms. The van der Waals surface area contributed by atoms with Crippen molar-refractivity contribution in [3.63, 3.8) is 0 Å². The molecule has 0 radical (unpaired) electrons. The number of nitrogens with two attached hydrogens (primary N) is 1. The number of ether oxygens (including phenoxy) is 1. The number of nitrogens with zero attached hydrogens (tertiary/aromatic N) is 1. The summed E-state index contributed by atoms with van der Waals surface area (Å²) in [5, 5.41) is 0. The van der Waals surface area contributed by atoms with Gasteiger partial charge in [0.15, 0.2) is 0 Å². The average molecular weight is 286 g/mol. The summed E-state index contributed by atoms with van der Waals surface area (Å²) >= 11 is 5.16. The number of hydrogen-bond donors (Lipinski definition) is 1. The third-order valence-electron chi connectivity index (χ3n) is 4.30. The number of piperidine rings is 1. The van der Waals surface area contributed by atoms with Crippen LogP contribution in [0.25, 0.3) is 0 Å². The molecule has 0 aromatic carbocycles. The molecule has 0 aliphatic carbocycles. The van der Waals surface area contributed by atoms with Gasteiger partial charge in [0.1, 0.15) is 0 Å². The van der Waals surface area contributed by atoms with E-state index < -0.39 is 5.41 Å². The molecule has 0 aromatic rings. The van der Waals surface area contributed by atoms with E-state index in [4.69, 9.17) is 22.7 Å². The quantitative estimate of drug-likeness (QED) is 0.758. The molecule has 1 rings (SSSR count). The van der Waals surface area contributed by atoms with E-state index in [9.17, 15) is 4.79 Å². The largest absolute Gasteiger partial charge is 0.392 e. The second-order valence-electron chi connectivity index (χ2n) is 5.37. The lowest BCUT2D eigenvalue weighted by Gasteiger charge is -2.39. The first kappa shape index (κ1) is 16.4. The van der Waals surface area contributed by atoms with Crippen LogP contribution in [0, 0.1) is 11.3 Å². The molecule has 2 N–H and O–H groups in total. The minimum Gasteiger partial charge on any atom is -0.392 e. The van der Waals surface area contributed by atoms with Gasteiger partial charge in [0, 0.05) is 20.2 Å². The molecule has 1 amide bonds. The van der Waals surface area contributed by atoms with Gasteiger partial charge in [-0.25, -0.2) is 0 Å². The third kappa shape index (κ3) is 3.45. The number of thiocarbonyl (C=S) groups is 1. The molecule has 0 aromatic heterocycles. The minimum atomic E-state index is -0.662. The molecule has 19 heavy (non-hydrogen) atoms. The molecule has 110 valence electrons. The van der Waals surface area contributed by atoms with Crippen LogP contribution in [0.5, 0.6) is 0 Å². The Kier molecular flexibility index (Phi) is 6.20. The molecule has 0 spiro atoms. The van der Waals surface area contributed by atoms with Crippen molar-refractivity contribution in [1.82, 2.24) is 4.90 Å². The van der Waals surface area contributed by atoms with Crippen molar-refractivity contribution < 1.29 is 9.53 Å². The second kappa shape index (κ2) is 7.20. The zero-order chi connectivity index (χ0) is 14.5. The molecule has 1 atom stereocenters. The summed E-state index contributed by atoms with van der Waals surface area (Å²) in [7, 11) is 1.71. The monoisotopic (exact) mass is 286 g/mol. The number of carbonyl (C=O) groups excluding carboxylic acids is 1. The highest BCUT2D eigenvalue weighted by atomic mass is 32.1. The summed E-state index contributed by atoms with van der Waals surface area (Å²) < 4.78 is 5.21. The maximum Gasteiger partial charge on any atom is 0.235 e. The maximum absolute atomic E-state index is 12.8. The van der Waals surface area contributed by atoms with Crippen molar-refractivity contribution in [2.45, 2.75) is 39.5 Å². The first-order valence-electron chi connectivity index (χ1n) is 7.10. The number of rotatable bonds is 6. The first-order chi connectivity index (χ1) is 9.01. The lowest BCUT2D eigenvalue weighted by Crippen LogP contribution is -2.53. The highest BCUT2D eigenvalue weighted by Crippen LogP contribution is 2.31. The van der Waals surface area contributed by atoms with Crippen LogP contribution in [0.15, 0.2) is 0 Å². The van der Waals surface area contributed by atoms with Crippen LogP contribution >= 0.6 is 12.2 Å². The van der Waals surface area contributed by atoms with Crippen LogP contribution < -0.4 is 5.73 Å². The van der Waals surface area contributed by atoms with Crippen LogP contribution in [0.2, 0.25) is 0 Å². The maximum atomic E-state index is 12.8. The van der Waals surface area contributed by atoms with Gasteiger partial charge in [-0.15, -0.1) is 0 Å². The van der Waals surface area contributed by atoms with Gasteiger partial charge < -0.3 is 15.4 Å². The Morgan fingerprint density at radius 1 is 1.47 bits per heavy atom. The Labute approximate surface area is 121 Å². The molecule has 1 saturated heterocycles. The van der Waals surface area contributed by atoms with Crippen LogP contribution in [0.3, 0.4) is 0 Å². The van der Waals surface area contributed by atoms with Crippen molar-refractivity contribution in [3.8, 4) is 0 Å². The summed E-state index contributed by atoms with van der Waals surface area (Å²) in [6, 6.07) is 0. The van der Waals surface area contributed by atoms with Gasteiger partial charge in [0.05, 0.1) is 17.0 Å². The standard InChI is InChI=1S/C14H26N2O2S/c1-4-14(5-2,12(15)19)13(17)16-8-6-7-11(9-16)10-18-3/h11H,4-10H2,1-3H3,(H2,15,19). The fourth-order valence-corrected chi connectivity index (χ4v) is 3.31. The topological polar surface area (TPSA) is 55.6 Å². The van der Waals surface area contributed by atoms with Crippen LogP contribution in [0.4, 0.5) is 0 Å². The van der Waals surface area contributed by atoms with Gasteiger partial charge in [0.2, 0.25) is 5.91 Å². The average Bonchev–Trinajstić information content (AvgIpc) is 2.41. The Balaban J connectivity index is 2.82. The Morgan fingerprint density at radius 2 is 2.11 bits per heavy atom. The second-order valence-corrected chi connectivity index (χ2v) is 5.81. The molecule has 1 heterocycles. The van der Waals surface area contributed by atoms with Crippen molar-refractivity contribution in [1.29, 1.82) is 0 Å². The molecular formula is C14H26N2O2S. The summed E-state index contributed by atoms with van der Waals surface area (Å²) in [6.07, 6.45) is 3.49. The van der Waals surface area contributed by atoms with E-state index in [1.165, 1.54) is 0 Å². The van der Waals surface area contributed by atoms with Crippen molar-refractivity contribution in [3.05, 3.63) is 0 Å². The van der Waals surface area contributed by atoms with Gasteiger partial charge in [-0.05, 0) is 31.6 Å². The predicted molar refractivity (Wildman–Crippen MR) is 81.0 cm³/mol. The molecule has 1 fully saturated rings. The van der Waals surface area contributed by atoms with Gasteiger partial charge in [0.25, 0.3) is 0 Å². The summed E-state index contributed by atoms with van der Waals surface area (Å²) in [4.78, 5) is 15.1.